The molecule has 5 atom stereocenters. The number of hydrogen-bond donors (Lipinski definition) is 3. The van der Waals surface area contributed by atoms with Crippen LogP contribution in [0.2, 0.25) is 0 Å². The lowest BCUT2D eigenvalue weighted by atomic mass is 9.63. The summed E-state index contributed by atoms with van der Waals surface area (Å²) in [5.41, 5.74) is 6.16. The number of primary amides is 1. The van der Waals surface area contributed by atoms with E-state index in [2.05, 4.69) is 12.2 Å². The Morgan fingerprint density at radius 3 is 2.38 bits per heavy atom. The number of aliphatic hydroxyl groups excluding tert-OH is 1. The third-order valence-electron chi connectivity index (χ3n) is 8.43. The first kappa shape index (κ1) is 31.9. The molecule has 2 aliphatic carbocycles. The van der Waals surface area contributed by atoms with E-state index in [0.29, 0.717) is 35.7 Å². The van der Waals surface area contributed by atoms with Crippen molar-refractivity contribution in [3.63, 3.8) is 0 Å². The molecule has 3 rings (SSSR count). The Balaban J connectivity index is 1.99. The second-order valence-corrected chi connectivity index (χ2v) is 12.0. The minimum Gasteiger partial charge on any atom is -0.391 e. The quantitative estimate of drug-likeness (QED) is 0.315. The van der Waals surface area contributed by atoms with Crippen molar-refractivity contribution >= 4 is 11.8 Å². The van der Waals surface area contributed by atoms with Crippen LogP contribution in [0.3, 0.4) is 0 Å². The summed E-state index contributed by atoms with van der Waals surface area (Å²) in [7, 11) is 0. The van der Waals surface area contributed by atoms with E-state index in [-0.39, 0.29) is 31.3 Å². The molecule has 0 aliphatic heterocycles. The van der Waals surface area contributed by atoms with Gasteiger partial charge in [0.1, 0.15) is 11.6 Å². The highest BCUT2D eigenvalue weighted by Crippen LogP contribution is 2.44. The molecule has 0 saturated heterocycles. The minimum atomic E-state index is -1.42. The molecule has 1 aromatic rings. The Bertz CT molecular complexity index is 1080. The molecule has 1 aromatic carbocycles. The molecule has 4 N–H and O–H groups in total. The summed E-state index contributed by atoms with van der Waals surface area (Å²) in [6.45, 7) is 9.43. The maximum Gasteiger partial charge on any atom is 0.249 e. The molecule has 0 aromatic heterocycles. The van der Waals surface area contributed by atoms with Gasteiger partial charge in [0.2, 0.25) is 11.8 Å². The zero-order chi connectivity index (χ0) is 29.4. The molecule has 40 heavy (non-hydrogen) atoms. The van der Waals surface area contributed by atoms with E-state index >= 15 is 0 Å². The topological polar surface area (TPSA) is 95.7 Å². The van der Waals surface area contributed by atoms with Crippen molar-refractivity contribution in [1.29, 1.82) is 0 Å². The van der Waals surface area contributed by atoms with Gasteiger partial charge in [-0.05, 0) is 69.1 Å². The summed E-state index contributed by atoms with van der Waals surface area (Å²) >= 11 is 0. The summed E-state index contributed by atoms with van der Waals surface area (Å²) in [5.74, 6) is -2.52. The minimum absolute atomic E-state index is 0.0143. The molecule has 6 nitrogen and oxygen atoms in total. The summed E-state index contributed by atoms with van der Waals surface area (Å²) in [6.07, 6.45) is 8.38. The SMILES string of the molecule is CCCN(CCC)C(=O)C1=CC(C)=CC(C(N)=O)([C@H](Cc2cc(F)cc(F)c2)[C@@H](O)CNC2CCCC(C)C2)C1. The zero-order valence-corrected chi connectivity index (χ0v) is 24.5. The van der Waals surface area contributed by atoms with Crippen LogP contribution in [0.15, 0.2) is 41.5 Å². The lowest BCUT2D eigenvalue weighted by Gasteiger charge is -2.42. The van der Waals surface area contributed by atoms with Crippen LogP contribution in [0.1, 0.15) is 78.2 Å². The Hall–Kier alpha value is -2.58. The van der Waals surface area contributed by atoms with Crippen LogP contribution < -0.4 is 11.1 Å². The summed E-state index contributed by atoms with van der Waals surface area (Å²) in [4.78, 5) is 28.8. The standard InChI is InChI=1S/C32H47F2N3O3/c1-5-10-37(11-6-2)30(39)24-12-22(4)18-32(19-24,31(35)40)28(16-23-14-25(33)17-26(34)15-23)29(38)20-36-27-9-7-8-21(3)13-27/h12,14-15,17-18,21,27-29,36,38H,5-11,13,16,19-20H2,1-4H3,(H2,35,40)/t21?,27?,28-,29+,32?/m1/s1. The Morgan fingerprint density at radius 2 is 1.80 bits per heavy atom. The lowest BCUT2D eigenvalue weighted by molar-refractivity contribution is -0.132. The number of nitrogens with zero attached hydrogens (tertiary/aromatic N) is 1. The van der Waals surface area contributed by atoms with Crippen LogP contribution in [0, 0.1) is 28.9 Å². The molecular formula is C32H47F2N3O3. The largest absolute Gasteiger partial charge is 0.391 e. The second-order valence-electron chi connectivity index (χ2n) is 12.0. The van der Waals surface area contributed by atoms with Crippen LogP contribution in [0.4, 0.5) is 8.78 Å². The highest BCUT2D eigenvalue weighted by Gasteiger charge is 2.48. The van der Waals surface area contributed by atoms with E-state index in [1.807, 2.05) is 13.8 Å². The monoisotopic (exact) mass is 559 g/mol. The molecular weight excluding hydrogens is 512 g/mol. The first-order valence-electron chi connectivity index (χ1n) is 14.8. The number of allylic oxidation sites excluding steroid dienone is 2. The predicted molar refractivity (Wildman–Crippen MR) is 154 cm³/mol. The van der Waals surface area contributed by atoms with Crippen molar-refractivity contribution in [2.24, 2.45) is 23.0 Å². The molecule has 0 heterocycles. The number of carbonyl (C=O) groups is 2. The van der Waals surface area contributed by atoms with Crippen molar-refractivity contribution in [3.05, 3.63) is 58.7 Å². The summed E-state index contributed by atoms with van der Waals surface area (Å²) < 4.78 is 28.4. The molecule has 0 bridgehead atoms. The second kappa shape index (κ2) is 14.4. The third-order valence-corrected chi connectivity index (χ3v) is 8.43. The molecule has 8 heteroatoms. The fourth-order valence-electron chi connectivity index (χ4n) is 6.61. The van der Waals surface area contributed by atoms with Gasteiger partial charge in [0.15, 0.2) is 0 Å². The van der Waals surface area contributed by atoms with Gasteiger partial charge in [0, 0.05) is 43.2 Å². The highest BCUT2D eigenvalue weighted by molar-refractivity contribution is 5.96. The lowest BCUT2D eigenvalue weighted by Crippen LogP contribution is -2.52. The normalized spacial score (nSPS) is 24.6. The van der Waals surface area contributed by atoms with Gasteiger partial charge in [-0.15, -0.1) is 0 Å². The Kier molecular flexibility index (Phi) is 11.5. The maximum atomic E-state index is 14.2. The molecule has 1 saturated carbocycles. The van der Waals surface area contributed by atoms with Crippen molar-refractivity contribution in [2.45, 2.75) is 91.2 Å². The number of nitrogens with two attached hydrogens (primary N) is 1. The van der Waals surface area contributed by atoms with Crippen LogP contribution in [0.25, 0.3) is 0 Å². The van der Waals surface area contributed by atoms with Crippen LogP contribution in [-0.4, -0.2) is 53.6 Å². The van der Waals surface area contributed by atoms with Crippen LogP contribution in [0.5, 0.6) is 0 Å². The van der Waals surface area contributed by atoms with Crippen LogP contribution in [-0.2, 0) is 16.0 Å². The van der Waals surface area contributed by atoms with Gasteiger partial charge in [-0.2, -0.15) is 0 Å². The van der Waals surface area contributed by atoms with E-state index in [1.54, 1.807) is 24.0 Å². The van der Waals surface area contributed by atoms with E-state index in [1.165, 1.54) is 18.6 Å². The van der Waals surface area contributed by atoms with Crippen molar-refractivity contribution in [2.75, 3.05) is 19.6 Å². The van der Waals surface area contributed by atoms with E-state index in [9.17, 15) is 23.5 Å². The molecule has 0 spiro atoms. The third kappa shape index (κ3) is 8.00. The van der Waals surface area contributed by atoms with Crippen molar-refractivity contribution in [3.8, 4) is 0 Å². The molecule has 2 aliphatic rings. The van der Waals surface area contributed by atoms with Crippen LogP contribution >= 0.6 is 0 Å². The number of amides is 2. The van der Waals surface area contributed by atoms with Gasteiger partial charge in [-0.1, -0.05) is 51.3 Å². The average Bonchev–Trinajstić information content (AvgIpc) is 2.89. The zero-order valence-electron chi connectivity index (χ0n) is 24.5. The van der Waals surface area contributed by atoms with Gasteiger partial charge >= 0.3 is 0 Å². The summed E-state index contributed by atoms with van der Waals surface area (Å²) in [5, 5.41) is 15.1. The van der Waals surface area contributed by atoms with E-state index < -0.39 is 35.0 Å². The summed E-state index contributed by atoms with van der Waals surface area (Å²) in [6, 6.07) is 3.48. The first-order chi connectivity index (χ1) is 19.0. The molecule has 0 radical (unpaired) electrons. The molecule has 3 unspecified atom stereocenters. The number of nitrogens with one attached hydrogen (secondary N) is 1. The number of carbonyl (C=O) groups excluding carboxylic acids is 2. The number of hydrogen-bond acceptors (Lipinski definition) is 4. The fraction of sp³-hybridized carbons (Fsp3) is 0.625. The van der Waals surface area contributed by atoms with Gasteiger partial charge in [-0.25, -0.2) is 8.78 Å². The van der Waals surface area contributed by atoms with Crippen molar-refractivity contribution < 1.29 is 23.5 Å². The van der Waals surface area contributed by atoms with Gasteiger partial charge in [-0.3, -0.25) is 9.59 Å². The Labute approximate surface area is 238 Å². The fourth-order valence-corrected chi connectivity index (χ4v) is 6.61. The van der Waals surface area contributed by atoms with Gasteiger partial charge < -0.3 is 21.1 Å². The number of aliphatic hydroxyl groups is 1. The van der Waals surface area contributed by atoms with E-state index in [4.69, 9.17) is 5.73 Å². The van der Waals surface area contributed by atoms with Gasteiger partial charge in [0.05, 0.1) is 11.5 Å². The highest BCUT2D eigenvalue weighted by atomic mass is 19.1. The molecule has 1 fully saturated rings. The smallest absolute Gasteiger partial charge is 0.249 e. The number of rotatable bonds is 13. The molecule has 222 valence electrons. The number of benzene rings is 1. The predicted octanol–water partition coefficient (Wildman–Crippen LogP) is 5.05. The average molecular weight is 560 g/mol. The maximum absolute atomic E-state index is 14.2. The molecule has 2 amide bonds. The van der Waals surface area contributed by atoms with E-state index in [0.717, 1.165) is 38.2 Å². The van der Waals surface area contributed by atoms with Gasteiger partial charge in [0.25, 0.3) is 0 Å². The Morgan fingerprint density at radius 1 is 1.15 bits per heavy atom. The number of halogens is 2. The van der Waals surface area contributed by atoms with Crippen molar-refractivity contribution in [1.82, 2.24) is 10.2 Å². The first-order valence-corrected chi connectivity index (χ1v) is 14.8.